The molecule has 0 saturated heterocycles. The Labute approximate surface area is 102 Å². The summed E-state index contributed by atoms with van der Waals surface area (Å²) in [6, 6.07) is 0. The third kappa shape index (κ3) is 3.26. The fourth-order valence-corrected chi connectivity index (χ4v) is 2.68. The second kappa shape index (κ2) is 6.12. The van der Waals surface area contributed by atoms with Crippen LogP contribution in [0.3, 0.4) is 0 Å². The minimum absolute atomic E-state index is 0.193. The summed E-state index contributed by atoms with van der Waals surface area (Å²) in [6.45, 7) is 2.45. The van der Waals surface area contributed by atoms with Crippen LogP contribution < -0.4 is 5.90 Å². The van der Waals surface area contributed by atoms with Crippen molar-refractivity contribution in [1.29, 1.82) is 0 Å². The summed E-state index contributed by atoms with van der Waals surface area (Å²) < 4.78 is 5.07. The summed E-state index contributed by atoms with van der Waals surface area (Å²) in [4.78, 5) is 8.79. The second-order valence-electron chi connectivity index (χ2n) is 4.86. The van der Waals surface area contributed by atoms with Crippen molar-refractivity contribution in [3.8, 4) is 0 Å². The highest BCUT2D eigenvalue weighted by Gasteiger charge is 2.25. The average Bonchev–Trinajstić information content (AvgIpc) is 2.80. The van der Waals surface area contributed by atoms with Gasteiger partial charge in [0.15, 0.2) is 5.82 Å². The molecule has 17 heavy (non-hydrogen) atoms. The molecule has 96 valence electrons. The molecular weight excluding hydrogens is 218 g/mol. The number of hydrogen-bond acceptors (Lipinski definition) is 5. The highest BCUT2D eigenvalue weighted by Crippen LogP contribution is 2.36. The molecule has 1 aromatic heterocycles. The van der Waals surface area contributed by atoms with Crippen LogP contribution in [0.2, 0.25) is 0 Å². The topological polar surface area (TPSA) is 74.2 Å². The number of hydrogen-bond donors (Lipinski definition) is 1. The largest absolute Gasteiger partial charge is 0.337 e. The van der Waals surface area contributed by atoms with Crippen LogP contribution in [0.4, 0.5) is 0 Å². The van der Waals surface area contributed by atoms with E-state index in [0.717, 1.165) is 11.7 Å². The van der Waals surface area contributed by atoms with E-state index in [0.29, 0.717) is 11.8 Å². The molecule has 0 spiro atoms. The molecular formula is C12H21N3O2. The van der Waals surface area contributed by atoms with Crippen LogP contribution >= 0.6 is 0 Å². The molecule has 1 aliphatic rings. The van der Waals surface area contributed by atoms with E-state index in [1.165, 1.54) is 38.5 Å². The molecule has 0 bridgehead atoms. The van der Waals surface area contributed by atoms with E-state index in [4.69, 9.17) is 10.4 Å². The van der Waals surface area contributed by atoms with Crippen molar-refractivity contribution in [3.63, 3.8) is 0 Å². The van der Waals surface area contributed by atoms with Gasteiger partial charge in [0, 0.05) is 5.92 Å². The lowest BCUT2D eigenvalue weighted by Crippen LogP contribution is -2.14. The Bertz CT molecular complexity index is 332. The Hall–Kier alpha value is -0.940. The lowest BCUT2D eigenvalue weighted by atomic mass is 9.80. The Kier molecular flexibility index (Phi) is 4.50. The van der Waals surface area contributed by atoms with Gasteiger partial charge in [-0.15, -0.1) is 0 Å². The summed E-state index contributed by atoms with van der Waals surface area (Å²) >= 11 is 0. The summed E-state index contributed by atoms with van der Waals surface area (Å²) in [5.74, 6) is 7.62. The number of aromatic nitrogens is 2. The minimum atomic E-state index is 0.193. The molecule has 0 unspecified atom stereocenters. The standard InChI is InChI=1S/C12H21N3O2/c1-2-3-9-4-6-10(7-5-9)12-14-11(8-16-13)17-15-12/h9-10H,2-8,13H2,1H3. The lowest BCUT2D eigenvalue weighted by molar-refractivity contribution is 0.0995. The van der Waals surface area contributed by atoms with Crippen molar-refractivity contribution in [2.24, 2.45) is 11.8 Å². The number of nitrogens with two attached hydrogens (primary N) is 1. The van der Waals surface area contributed by atoms with Gasteiger partial charge in [-0.1, -0.05) is 24.9 Å². The van der Waals surface area contributed by atoms with Gasteiger partial charge < -0.3 is 4.52 Å². The van der Waals surface area contributed by atoms with Crippen molar-refractivity contribution < 1.29 is 9.36 Å². The molecule has 2 N–H and O–H groups in total. The molecule has 0 radical (unpaired) electrons. The fraction of sp³-hybridized carbons (Fsp3) is 0.833. The highest BCUT2D eigenvalue weighted by atomic mass is 16.6. The number of rotatable bonds is 5. The Morgan fingerprint density at radius 1 is 1.35 bits per heavy atom. The van der Waals surface area contributed by atoms with Crippen LogP contribution in [-0.4, -0.2) is 10.1 Å². The highest BCUT2D eigenvalue weighted by molar-refractivity contribution is 4.97. The van der Waals surface area contributed by atoms with Crippen LogP contribution in [0.15, 0.2) is 4.52 Å². The molecule has 5 heteroatoms. The molecule has 1 aromatic rings. The van der Waals surface area contributed by atoms with E-state index < -0.39 is 0 Å². The molecule has 1 saturated carbocycles. The van der Waals surface area contributed by atoms with E-state index in [-0.39, 0.29) is 6.61 Å². The van der Waals surface area contributed by atoms with Gasteiger partial charge >= 0.3 is 0 Å². The van der Waals surface area contributed by atoms with Crippen molar-refractivity contribution in [2.45, 2.75) is 58.0 Å². The van der Waals surface area contributed by atoms with Gasteiger partial charge in [-0.2, -0.15) is 4.98 Å². The third-order valence-corrected chi connectivity index (χ3v) is 3.60. The summed E-state index contributed by atoms with van der Waals surface area (Å²) in [7, 11) is 0. The van der Waals surface area contributed by atoms with E-state index in [1.807, 2.05) is 0 Å². The molecule has 0 aliphatic heterocycles. The van der Waals surface area contributed by atoms with Gasteiger partial charge in [-0.3, -0.25) is 4.84 Å². The normalized spacial score (nSPS) is 25.1. The summed E-state index contributed by atoms with van der Waals surface area (Å²) in [5, 5.41) is 4.01. The first-order valence-electron chi connectivity index (χ1n) is 6.47. The molecule has 0 atom stereocenters. The molecule has 0 amide bonds. The third-order valence-electron chi connectivity index (χ3n) is 3.60. The van der Waals surface area contributed by atoms with Crippen LogP contribution in [0.1, 0.15) is 63.1 Å². The van der Waals surface area contributed by atoms with Crippen LogP contribution in [0, 0.1) is 5.92 Å². The van der Waals surface area contributed by atoms with Gasteiger partial charge in [0.2, 0.25) is 0 Å². The van der Waals surface area contributed by atoms with Gasteiger partial charge in [0.25, 0.3) is 5.89 Å². The van der Waals surface area contributed by atoms with Gasteiger partial charge in [0.1, 0.15) is 6.61 Å². The first-order valence-corrected chi connectivity index (χ1v) is 6.47. The smallest absolute Gasteiger partial charge is 0.254 e. The van der Waals surface area contributed by atoms with E-state index >= 15 is 0 Å². The zero-order chi connectivity index (χ0) is 12.1. The maximum Gasteiger partial charge on any atom is 0.254 e. The molecule has 1 fully saturated rings. The maximum atomic E-state index is 5.07. The summed E-state index contributed by atoms with van der Waals surface area (Å²) in [6.07, 6.45) is 7.56. The van der Waals surface area contributed by atoms with Crippen molar-refractivity contribution >= 4 is 0 Å². The Morgan fingerprint density at radius 2 is 2.12 bits per heavy atom. The lowest BCUT2D eigenvalue weighted by Gasteiger charge is -2.26. The van der Waals surface area contributed by atoms with E-state index in [9.17, 15) is 0 Å². The average molecular weight is 239 g/mol. The van der Waals surface area contributed by atoms with Crippen molar-refractivity contribution in [2.75, 3.05) is 0 Å². The predicted molar refractivity (Wildman–Crippen MR) is 62.9 cm³/mol. The molecule has 1 heterocycles. The second-order valence-corrected chi connectivity index (χ2v) is 4.86. The monoisotopic (exact) mass is 239 g/mol. The van der Waals surface area contributed by atoms with Crippen LogP contribution in [-0.2, 0) is 11.4 Å². The first kappa shape index (κ1) is 12.5. The van der Waals surface area contributed by atoms with Gasteiger partial charge in [-0.05, 0) is 31.6 Å². The first-order chi connectivity index (χ1) is 8.33. The Morgan fingerprint density at radius 3 is 2.76 bits per heavy atom. The van der Waals surface area contributed by atoms with E-state index in [1.54, 1.807) is 0 Å². The van der Waals surface area contributed by atoms with Gasteiger partial charge in [0.05, 0.1) is 0 Å². The molecule has 1 aliphatic carbocycles. The van der Waals surface area contributed by atoms with Crippen LogP contribution in [0.5, 0.6) is 0 Å². The van der Waals surface area contributed by atoms with Crippen molar-refractivity contribution in [3.05, 3.63) is 11.7 Å². The zero-order valence-electron chi connectivity index (χ0n) is 10.4. The fourth-order valence-electron chi connectivity index (χ4n) is 2.68. The maximum absolute atomic E-state index is 5.07. The molecule has 0 aromatic carbocycles. The Balaban J connectivity index is 1.86. The van der Waals surface area contributed by atoms with Crippen molar-refractivity contribution in [1.82, 2.24) is 10.1 Å². The SMILES string of the molecule is CCCC1CCC(c2noc(CON)n2)CC1. The van der Waals surface area contributed by atoms with Crippen LogP contribution in [0.25, 0.3) is 0 Å². The quantitative estimate of drug-likeness (QED) is 0.799. The summed E-state index contributed by atoms with van der Waals surface area (Å²) in [5.41, 5.74) is 0. The zero-order valence-corrected chi connectivity index (χ0v) is 10.4. The number of nitrogens with zero attached hydrogens (tertiary/aromatic N) is 2. The van der Waals surface area contributed by atoms with E-state index in [2.05, 4.69) is 21.9 Å². The predicted octanol–water partition coefficient (Wildman–Crippen LogP) is 2.53. The molecule has 5 nitrogen and oxygen atoms in total. The van der Waals surface area contributed by atoms with Gasteiger partial charge in [-0.25, -0.2) is 5.90 Å². The molecule has 2 rings (SSSR count). The minimum Gasteiger partial charge on any atom is -0.337 e.